The summed E-state index contributed by atoms with van der Waals surface area (Å²) < 4.78 is 0. The van der Waals surface area contributed by atoms with Crippen molar-refractivity contribution in [3.63, 3.8) is 0 Å². The molecule has 0 saturated carbocycles. The molecule has 0 atom stereocenters. The molecule has 0 aromatic heterocycles. The summed E-state index contributed by atoms with van der Waals surface area (Å²) in [5.41, 5.74) is 1.79. The summed E-state index contributed by atoms with van der Waals surface area (Å²) in [6.07, 6.45) is 4.98. The molecule has 2 aliphatic rings. The molecule has 25 heavy (non-hydrogen) atoms. The smallest absolute Gasteiger partial charge is 0.253 e. The molecule has 1 aromatic rings. The van der Waals surface area contributed by atoms with Gasteiger partial charge in [0.15, 0.2) is 0 Å². The molecule has 5 heteroatoms. The molecule has 5 nitrogen and oxygen atoms in total. The number of hydrogen-bond donors (Lipinski definition) is 1. The Labute approximate surface area is 150 Å². The standard InChI is InChI=1S/C20H29N3O2/c1-21-10-7-16-8-12-22(13-9-16)20(25)18-5-2-4-17(14-18)15-23-11-3-6-19(23)24/h2,4-5,14,16,21H,3,6-13,15H2,1H3. The summed E-state index contributed by atoms with van der Waals surface area (Å²) in [5, 5.41) is 3.21. The molecule has 2 aliphatic heterocycles. The average molecular weight is 343 g/mol. The Morgan fingerprint density at radius 3 is 2.72 bits per heavy atom. The number of nitrogens with one attached hydrogen (secondary N) is 1. The van der Waals surface area contributed by atoms with E-state index in [9.17, 15) is 9.59 Å². The molecule has 0 bridgehead atoms. The number of rotatable bonds is 6. The van der Waals surface area contributed by atoms with Gasteiger partial charge < -0.3 is 15.1 Å². The number of hydrogen-bond acceptors (Lipinski definition) is 3. The number of benzene rings is 1. The molecule has 0 spiro atoms. The fourth-order valence-electron chi connectivity index (χ4n) is 3.85. The maximum absolute atomic E-state index is 12.8. The molecule has 0 aliphatic carbocycles. The van der Waals surface area contributed by atoms with E-state index in [0.717, 1.165) is 62.5 Å². The van der Waals surface area contributed by atoms with Gasteiger partial charge in [0.05, 0.1) is 0 Å². The summed E-state index contributed by atoms with van der Waals surface area (Å²) >= 11 is 0. The molecule has 2 saturated heterocycles. The third-order valence-electron chi connectivity index (χ3n) is 5.42. The highest BCUT2D eigenvalue weighted by Gasteiger charge is 2.24. The second-order valence-electron chi connectivity index (χ2n) is 7.25. The summed E-state index contributed by atoms with van der Waals surface area (Å²) in [4.78, 5) is 28.5. The van der Waals surface area contributed by atoms with Crippen molar-refractivity contribution in [3.05, 3.63) is 35.4 Å². The number of carbonyl (C=O) groups is 2. The molecule has 1 aromatic carbocycles. The largest absolute Gasteiger partial charge is 0.339 e. The van der Waals surface area contributed by atoms with Crippen molar-refractivity contribution in [2.24, 2.45) is 5.92 Å². The maximum atomic E-state index is 12.8. The quantitative estimate of drug-likeness (QED) is 0.862. The van der Waals surface area contributed by atoms with Gasteiger partial charge in [-0.15, -0.1) is 0 Å². The van der Waals surface area contributed by atoms with Crippen molar-refractivity contribution in [2.75, 3.05) is 33.2 Å². The van der Waals surface area contributed by atoms with E-state index >= 15 is 0 Å². The number of piperidine rings is 1. The Morgan fingerprint density at radius 1 is 1.24 bits per heavy atom. The van der Waals surface area contributed by atoms with Crippen LogP contribution in [0.25, 0.3) is 0 Å². The van der Waals surface area contributed by atoms with Gasteiger partial charge in [0, 0.05) is 38.2 Å². The highest BCUT2D eigenvalue weighted by Crippen LogP contribution is 2.22. The van der Waals surface area contributed by atoms with Crippen LogP contribution in [0.2, 0.25) is 0 Å². The first-order valence-corrected chi connectivity index (χ1v) is 9.48. The van der Waals surface area contributed by atoms with E-state index in [0.29, 0.717) is 13.0 Å². The van der Waals surface area contributed by atoms with Crippen LogP contribution in [0.5, 0.6) is 0 Å². The van der Waals surface area contributed by atoms with E-state index in [1.54, 1.807) is 0 Å². The zero-order valence-corrected chi connectivity index (χ0v) is 15.2. The Hall–Kier alpha value is -1.88. The Balaban J connectivity index is 1.57. The van der Waals surface area contributed by atoms with Gasteiger partial charge in [-0.1, -0.05) is 12.1 Å². The van der Waals surface area contributed by atoms with Gasteiger partial charge in [-0.2, -0.15) is 0 Å². The number of amides is 2. The van der Waals surface area contributed by atoms with Crippen LogP contribution in [0.15, 0.2) is 24.3 Å². The number of carbonyl (C=O) groups excluding carboxylic acids is 2. The van der Waals surface area contributed by atoms with Crippen LogP contribution in [0.1, 0.15) is 48.0 Å². The zero-order valence-electron chi connectivity index (χ0n) is 15.2. The van der Waals surface area contributed by atoms with Crippen LogP contribution in [0, 0.1) is 5.92 Å². The molecule has 1 N–H and O–H groups in total. The van der Waals surface area contributed by atoms with Crippen molar-refractivity contribution in [1.82, 2.24) is 15.1 Å². The van der Waals surface area contributed by atoms with Gasteiger partial charge >= 0.3 is 0 Å². The molecule has 2 heterocycles. The summed E-state index contributed by atoms with van der Waals surface area (Å²) in [6, 6.07) is 7.79. The molecular formula is C20H29N3O2. The van der Waals surface area contributed by atoms with E-state index in [-0.39, 0.29) is 11.8 Å². The lowest BCUT2D eigenvalue weighted by Crippen LogP contribution is -2.39. The molecule has 2 fully saturated rings. The number of nitrogens with zero attached hydrogens (tertiary/aromatic N) is 2. The molecule has 2 amide bonds. The molecular weight excluding hydrogens is 314 g/mol. The lowest BCUT2D eigenvalue weighted by Gasteiger charge is -2.32. The SMILES string of the molecule is CNCCC1CCN(C(=O)c2cccc(CN3CCCC3=O)c2)CC1. The van der Waals surface area contributed by atoms with Crippen molar-refractivity contribution in [2.45, 2.75) is 38.6 Å². The lowest BCUT2D eigenvalue weighted by atomic mass is 9.93. The topological polar surface area (TPSA) is 52.7 Å². The van der Waals surface area contributed by atoms with Crippen molar-refractivity contribution >= 4 is 11.8 Å². The fourth-order valence-corrected chi connectivity index (χ4v) is 3.85. The van der Waals surface area contributed by atoms with Gasteiger partial charge in [-0.05, 0) is 62.9 Å². The Bertz CT molecular complexity index is 609. The first-order valence-electron chi connectivity index (χ1n) is 9.48. The van der Waals surface area contributed by atoms with Gasteiger partial charge in [-0.3, -0.25) is 9.59 Å². The summed E-state index contributed by atoms with van der Waals surface area (Å²) in [5.74, 6) is 1.08. The van der Waals surface area contributed by atoms with E-state index < -0.39 is 0 Å². The van der Waals surface area contributed by atoms with E-state index in [2.05, 4.69) is 5.32 Å². The third kappa shape index (κ3) is 4.60. The maximum Gasteiger partial charge on any atom is 0.253 e. The predicted molar refractivity (Wildman–Crippen MR) is 98.3 cm³/mol. The first-order chi connectivity index (χ1) is 12.2. The molecule has 136 valence electrons. The molecule has 0 radical (unpaired) electrons. The summed E-state index contributed by atoms with van der Waals surface area (Å²) in [7, 11) is 1.99. The van der Waals surface area contributed by atoms with Crippen LogP contribution in [-0.2, 0) is 11.3 Å². The monoisotopic (exact) mass is 343 g/mol. The Morgan fingerprint density at radius 2 is 2.04 bits per heavy atom. The zero-order chi connectivity index (χ0) is 17.6. The average Bonchev–Trinajstić information content (AvgIpc) is 3.05. The highest BCUT2D eigenvalue weighted by molar-refractivity contribution is 5.94. The van der Waals surface area contributed by atoms with Crippen molar-refractivity contribution in [1.29, 1.82) is 0 Å². The normalized spacial score (nSPS) is 18.8. The second kappa shape index (κ2) is 8.48. The van der Waals surface area contributed by atoms with E-state index in [1.807, 2.05) is 41.1 Å². The van der Waals surface area contributed by atoms with Gasteiger partial charge in [-0.25, -0.2) is 0 Å². The van der Waals surface area contributed by atoms with Crippen LogP contribution < -0.4 is 5.32 Å². The van der Waals surface area contributed by atoms with Gasteiger partial charge in [0.25, 0.3) is 5.91 Å². The van der Waals surface area contributed by atoms with Crippen LogP contribution >= 0.6 is 0 Å². The third-order valence-corrected chi connectivity index (χ3v) is 5.42. The second-order valence-corrected chi connectivity index (χ2v) is 7.25. The minimum atomic E-state index is 0.127. The minimum absolute atomic E-state index is 0.127. The Kier molecular flexibility index (Phi) is 6.08. The van der Waals surface area contributed by atoms with Gasteiger partial charge in [0.2, 0.25) is 5.91 Å². The summed E-state index contributed by atoms with van der Waals surface area (Å²) in [6.45, 7) is 4.20. The predicted octanol–water partition coefficient (Wildman–Crippen LogP) is 2.27. The highest BCUT2D eigenvalue weighted by atomic mass is 16.2. The van der Waals surface area contributed by atoms with Crippen LogP contribution in [-0.4, -0.2) is 54.8 Å². The van der Waals surface area contributed by atoms with Crippen molar-refractivity contribution in [3.8, 4) is 0 Å². The van der Waals surface area contributed by atoms with Crippen LogP contribution in [0.4, 0.5) is 0 Å². The van der Waals surface area contributed by atoms with Gasteiger partial charge in [0.1, 0.15) is 0 Å². The molecule has 3 rings (SSSR count). The number of likely N-dealkylation sites (tertiary alicyclic amines) is 2. The van der Waals surface area contributed by atoms with Crippen molar-refractivity contribution < 1.29 is 9.59 Å². The lowest BCUT2D eigenvalue weighted by molar-refractivity contribution is -0.128. The van der Waals surface area contributed by atoms with E-state index in [4.69, 9.17) is 0 Å². The first kappa shape index (κ1) is 17.9. The fraction of sp³-hybridized carbons (Fsp3) is 0.600. The molecule has 0 unspecified atom stereocenters. The van der Waals surface area contributed by atoms with Crippen LogP contribution in [0.3, 0.4) is 0 Å². The minimum Gasteiger partial charge on any atom is -0.339 e. The van der Waals surface area contributed by atoms with E-state index in [1.165, 1.54) is 6.42 Å².